The third-order valence-electron chi connectivity index (χ3n) is 3.97. The number of hydrogen-bond donors (Lipinski definition) is 3. The molecule has 4 nitrogen and oxygen atoms in total. The van der Waals surface area contributed by atoms with E-state index in [1.54, 1.807) is 0 Å². The van der Waals surface area contributed by atoms with E-state index in [0.29, 0.717) is 23.7 Å². The SMILES string of the molecule is CN/C(C)=C(\C(=O)NCC1CC1)C1=C(O)CCCC1. The van der Waals surface area contributed by atoms with Crippen LogP contribution in [0.15, 0.2) is 22.6 Å². The molecule has 2 aliphatic rings. The highest BCUT2D eigenvalue weighted by atomic mass is 16.3. The lowest BCUT2D eigenvalue weighted by Crippen LogP contribution is -2.30. The van der Waals surface area contributed by atoms with E-state index in [2.05, 4.69) is 10.6 Å². The Morgan fingerprint density at radius 3 is 2.58 bits per heavy atom. The fourth-order valence-electron chi connectivity index (χ4n) is 2.46. The maximum absolute atomic E-state index is 12.4. The summed E-state index contributed by atoms with van der Waals surface area (Å²) in [5, 5.41) is 16.1. The first-order valence-corrected chi connectivity index (χ1v) is 7.21. The molecule has 1 saturated carbocycles. The highest BCUT2D eigenvalue weighted by Gasteiger charge is 2.26. The summed E-state index contributed by atoms with van der Waals surface area (Å²) in [6.45, 7) is 2.65. The minimum atomic E-state index is -0.0535. The molecule has 0 atom stereocenters. The summed E-state index contributed by atoms with van der Waals surface area (Å²) in [6, 6.07) is 0. The molecule has 0 spiro atoms. The van der Waals surface area contributed by atoms with Gasteiger partial charge in [-0.25, -0.2) is 0 Å². The van der Waals surface area contributed by atoms with E-state index in [0.717, 1.165) is 37.1 Å². The molecule has 0 unspecified atom stereocenters. The maximum atomic E-state index is 12.4. The lowest BCUT2D eigenvalue weighted by molar-refractivity contribution is -0.117. The van der Waals surface area contributed by atoms with Crippen LogP contribution in [0.2, 0.25) is 0 Å². The molecule has 4 heteroatoms. The minimum Gasteiger partial charge on any atom is -0.512 e. The summed E-state index contributed by atoms with van der Waals surface area (Å²) in [5.41, 5.74) is 2.29. The van der Waals surface area contributed by atoms with Crippen molar-refractivity contribution in [3.8, 4) is 0 Å². The molecule has 19 heavy (non-hydrogen) atoms. The summed E-state index contributed by atoms with van der Waals surface area (Å²) in [7, 11) is 1.81. The van der Waals surface area contributed by atoms with Crippen molar-refractivity contribution < 1.29 is 9.90 Å². The summed E-state index contributed by atoms with van der Waals surface area (Å²) in [6.07, 6.45) is 5.96. The van der Waals surface area contributed by atoms with Crippen molar-refractivity contribution in [2.24, 2.45) is 5.92 Å². The van der Waals surface area contributed by atoms with E-state index >= 15 is 0 Å². The topological polar surface area (TPSA) is 61.4 Å². The van der Waals surface area contributed by atoms with Crippen LogP contribution in [0.5, 0.6) is 0 Å². The average Bonchev–Trinajstić information content (AvgIpc) is 3.22. The molecule has 0 aromatic rings. The van der Waals surface area contributed by atoms with Crippen LogP contribution in [0, 0.1) is 5.92 Å². The quantitative estimate of drug-likeness (QED) is 0.668. The van der Waals surface area contributed by atoms with Gasteiger partial charge in [-0.1, -0.05) is 0 Å². The lowest BCUT2D eigenvalue weighted by atomic mass is 9.90. The van der Waals surface area contributed by atoms with E-state index in [1.807, 2.05) is 14.0 Å². The summed E-state index contributed by atoms with van der Waals surface area (Å²) < 4.78 is 0. The first kappa shape index (κ1) is 14.0. The van der Waals surface area contributed by atoms with Crippen molar-refractivity contribution in [3.63, 3.8) is 0 Å². The molecule has 106 valence electrons. The van der Waals surface area contributed by atoms with Gasteiger partial charge in [0.15, 0.2) is 0 Å². The van der Waals surface area contributed by atoms with Crippen LogP contribution in [0.4, 0.5) is 0 Å². The smallest absolute Gasteiger partial charge is 0.253 e. The number of aliphatic hydroxyl groups is 1. The third kappa shape index (κ3) is 3.52. The van der Waals surface area contributed by atoms with Gasteiger partial charge in [-0.15, -0.1) is 0 Å². The van der Waals surface area contributed by atoms with Crippen molar-refractivity contribution in [1.29, 1.82) is 0 Å². The molecule has 0 aliphatic heterocycles. The Balaban J connectivity index is 2.17. The standard InChI is InChI=1S/C15H24N2O2/c1-10(16-2)14(12-5-3-4-6-13(12)18)15(19)17-9-11-7-8-11/h11,16,18H,3-9H2,1-2H3,(H,17,19)/b14-10-. The van der Waals surface area contributed by atoms with Gasteiger partial charge in [-0.3, -0.25) is 4.79 Å². The average molecular weight is 264 g/mol. The Labute approximate surface area is 115 Å². The molecule has 0 saturated heterocycles. The van der Waals surface area contributed by atoms with Gasteiger partial charge in [0, 0.05) is 31.3 Å². The molecule has 0 bridgehead atoms. The number of nitrogens with one attached hydrogen (secondary N) is 2. The number of aliphatic hydroxyl groups excluding tert-OH is 1. The zero-order valence-corrected chi connectivity index (χ0v) is 11.9. The Kier molecular flexibility index (Phi) is 4.51. The minimum absolute atomic E-state index is 0.0535. The van der Waals surface area contributed by atoms with Gasteiger partial charge in [-0.2, -0.15) is 0 Å². The second-order valence-corrected chi connectivity index (χ2v) is 5.54. The molecule has 0 aromatic heterocycles. The van der Waals surface area contributed by atoms with E-state index in [4.69, 9.17) is 0 Å². The number of amides is 1. The summed E-state index contributed by atoms with van der Waals surface area (Å²) in [4.78, 5) is 12.4. The normalized spacial score (nSPS) is 20.9. The lowest BCUT2D eigenvalue weighted by Gasteiger charge is -2.20. The van der Waals surface area contributed by atoms with Crippen LogP contribution < -0.4 is 10.6 Å². The second kappa shape index (κ2) is 6.13. The molecule has 2 rings (SSSR count). The molecular formula is C15H24N2O2. The Bertz CT molecular complexity index is 420. The predicted octanol–water partition coefficient (Wildman–Crippen LogP) is 2.39. The van der Waals surface area contributed by atoms with Gasteiger partial charge in [0.05, 0.1) is 11.3 Å². The monoisotopic (exact) mass is 264 g/mol. The molecule has 1 amide bonds. The largest absolute Gasteiger partial charge is 0.512 e. The number of hydrogen-bond acceptors (Lipinski definition) is 3. The Morgan fingerprint density at radius 2 is 2.00 bits per heavy atom. The molecule has 3 N–H and O–H groups in total. The molecule has 0 radical (unpaired) electrons. The fourth-order valence-corrected chi connectivity index (χ4v) is 2.46. The summed E-state index contributed by atoms with van der Waals surface area (Å²) >= 11 is 0. The third-order valence-corrected chi connectivity index (χ3v) is 3.97. The van der Waals surface area contributed by atoms with Crippen molar-refractivity contribution in [2.75, 3.05) is 13.6 Å². The summed E-state index contributed by atoms with van der Waals surface area (Å²) in [5.74, 6) is 0.994. The van der Waals surface area contributed by atoms with Crippen molar-refractivity contribution >= 4 is 5.91 Å². The van der Waals surface area contributed by atoms with Crippen LogP contribution in [0.1, 0.15) is 45.4 Å². The number of rotatable bonds is 5. The first-order chi connectivity index (χ1) is 9.13. The van der Waals surface area contributed by atoms with E-state index in [9.17, 15) is 9.90 Å². The zero-order valence-electron chi connectivity index (χ0n) is 11.9. The van der Waals surface area contributed by atoms with Gasteiger partial charge < -0.3 is 15.7 Å². The maximum Gasteiger partial charge on any atom is 0.253 e. The van der Waals surface area contributed by atoms with Gasteiger partial charge in [0.1, 0.15) is 0 Å². The van der Waals surface area contributed by atoms with Crippen LogP contribution >= 0.6 is 0 Å². The van der Waals surface area contributed by atoms with Crippen molar-refractivity contribution in [2.45, 2.75) is 45.4 Å². The second-order valence-electron chi connectivity index (χ2n) is 5.54. The van der Waals surface area contributed by atoms with E-state index in [-0.39, 0.29) is 5.91 Å². The van der Waals surface area contributed by atoms with Gasteiger partial charge >= 0.3 is 0 Å². The Morgan fingerprint density at radius 1 is 1.32 bits per heavy atom. The van der Waals surface area contributed by atoms with Gasteiger partial charge in [0.25, 0.3) is 5.91 Å². The highest BCUT2D eigenvalue weighted by molar-refractivity contribution is 5.98. The van der Waals surface area contributed by atoms with Gasteiger partial charge in [-0.05, 0) is 44.9 Å². The van der Waals surface area contributed by atoms with Crippen LogP contribution in [0.25, 0.3) is 0 Å². The number of carbonyl (C=O) groups excluding carboxylic acids is 1. The highest BCUT2D eigenvalue weighted by Crippen LogP contribution is 2.31. The van der Waals surface area contributed by atoms with E-state index in [1.165, 1.54) is 12.8 Å². The van der Waals surface area contributed by atoms with Crippen LogP contribution in [-0.4, -0.2) is 24.6 Å². The predicted molar refractivity (Wildman–Crippen MR) is 75.6 cm³/mol. The Hall–Kier alpha value is -1.45. The van der Waals surface area contributed by atoms with Crippen LogP contribution in [0.3, 0.4) is 0 Å². The van der Waals surface area contributed by atoms with Crippen molar-refractivity contribution in [1.82, 2.24) is 10.6 Å². The number of carbonyl (C=O) groups is 1. The number of allylic oxidation sites excluding steroid dienone is 2. The van der Waals surface area contributed by atoms with Crippen LogP contribution in [-0.2, 0) is 4.79 Å². The van der Waals surface area contributed by atoms with Gasteiger partial charge in [0.2, 0.25) is 0 Å². The molecule has 0 aromatic carbocycles. The molecule has 0 heterocycles. The zero-order chi connectivity index (χ0) is 13.8. The molecule has 2 aliphatic carbocycles. The first-order valence-electron chi connectivity index (χ1n) is 7.21. The molecular weight excluding hydrogens is 240 g/mol. The fraction of sp³-hybridized carbons (Fsp3) is 0.667. The van der Waals surface area contributed by atoms with Crippen molar-refractivity contribution in [3.05, 3.63) is 22.6 Å². The van der Waals surface area contributed by atoms with E-state index < -0.39 is 0 Å². The molecule has 1 fully saturated rings.